The molecule has 3 aliphatic rings. The van der Waals surface area contributed by atoms with Crippen molar-refractivity contribution in [2.45, 2.75) is 12.5 Å². The van der Waals surface area contributed by atoms with E-state index in [0.29, 0.717) is 0 Å². The maximum atomic E-state index is 6.08. The van der Waals surface area contributed by atoms with Crippen LogP contribution in [0.25, 0.3) is 6.08 Å². The average molecular weight is 262 g/mol. The normalized spacial score (nSPS) is 22.6. The van der Waals surface area contributed by atoms with Crippen LogP contribution in [0, 0.1) is 0 Å². The van der Waals surface area contributed by atoms with Crippen LogP contribution in [0.5, 0.6) is 5.75 Å². The summed E-state index contributed by atoms with van der Waals surface area (Å²) in [4.78, 5) is 0. The van der Waals surface area contributed by atoms with Crippen molar-refractivity contribution in [1.82, 2.24) is 0 Å². The van der Waals surface area contributed by atoms with Crippen LogP contribution in [-0.2, 0) is 4.74 Å². The van der Waals surface area contributed by atoms with Crippen LogP contribution in [0.4, 0.5) is 0 Å². The quantitative estimate of drug-likeness (QED) is 0.757. The second-order valence-corrected chi connectivity index (χ2v) is 5.02. The maximum absolute atomic E-state index is 6.08. The van der Waals surface area contributed by atoms with E-state index in [0.717, 1.165) is 23.5 Å². The van der Waals surface area contributed by atoms with Crippen LogP contribution in [0.1, 0.15) is 12.0 Å². The van der Waals surface area contributed by atoms with Gasteiger partial charge in [-0.2, -0.15) is 0 Å². The van der Waals surface area contributed by atoms with Gasteiger partial charge in [-0.25, -0.2) is 0 Å². The predicted octanol–water partition coefficient (Wildman–Crippen LogP) is 4.15. The summed E-state index contributed by atoms with van der Waals surface area (Å²) in [7, 11) is 0. The summed E-state index contributed by atoms with van der Waals surface area (Å²) in [5, 5.41) is 0. The van der Waals surface area contributed by atoms with Gasteiger partial charge in [0.05, 0.1) is 6.26 Å². The molecule has 0 N–H and O–H groups in total. The number of ether oxygens (including phenoxy) is 2. The molecular formula is C18H14O2. The Bertz CT molecular complexity index is 702. The highest BCUT2D eigenvalue weighted by Gasteiger charge is 2.23. The molecule has 1 atom stereocenters. The van der Waals surface area contributed by atoms with Crippen LogP contribution < -0.4 is 4.74 Å². The Balaban J connectivity index is 1.62. The van der Waals surface area contributed by atoms with Gasteiger partial charge in [-0.1, -0.05) is 36.4 Å². The number of fused-ring (bicyclic) bond motifs is 2. The number of hydrogen-bond acceptors (Lipinski definition) is 2. The van der Waals surface area contributed by atoms with E-state index in [1.54, 1.807) is 6.26 Å². The Labute approximate surface area is 118 Å². The van der Waals surface area contributed by atoms with E-state index in [2.05, 4.69) is 30.4 Å². The molecule has 1 aliphatic carbocycles. The summed E-state index contributed by atoms with van der Waals surface area (Å²) in [6.07, 6.45) is 15.0. The van der Waals surface area contributed by atoms with Gasteiger partial charge >= 0.3 is 0 Å². The zero-order chi connectivity index (χ0) is 13.4. The van der Waals surface area contributed by atoms with Crippen molar-refractivity contribution in [2.24, 2.45) is 0 Å². The van der Waals surface area contributed by atoms with Crippen LogP contribution in [0.2, 0.25) is 0 Å². The molecule has 1 unspecified atom stereocenters. The summed E-state index contributed by atoms with van der Waals surface area (Å²) >= 11 is 0. The van der Waals surface area contributed by atoms with E-state index < -0.39 is 0 Å². The standard InChI is InChI=1S/C18H14O2/c1-2-6-17-13(4-1)7-10-18(20-17)15-8-9-16-14(12-15)5-3-11-19-16/h1-11,18H,12H2. The van der Waals surface area contributed by atoms with Gasteiger partial charge in [-0.05, 0) is 35.4 Å². The molecule has 0 fully saturated rings. The number of allylic oxidation sites excluding steroid dienone is 5. The summed E-state index contributed by atoms with van der Waals surface area (Å²) in [6.45, 7) is 0. The third kappa shape index (κ3) is 1.90. The molecule has 2 nitrogen and oxygen atoms in total. The number of para-hydroxylation sites is 1. The summed E-state index contributed by atoms with van der Waals surface area (Å²) < 4.78 is 11.6. The first-order valence-corrected chi connectivity index (χ1v) is 6.77. The fraction of sp³-hybridized carbons (Fsp3) is 0.111. The zero-order valence-electron chi connectivity index (χ0n) is 11.0. The van der Waals surface area contributed by atoms with E-state index >= 15 is 0 Å². The van der Waals surface area contributed by atoms with Crippen molar-refractivity contribution in [1.29, 1.82) is 0 Å². The van der Waals surface area contributed by atoms with Crippen molar-refractivity contribution in [3.05, 3.63) is 83.4 Å². The lowest BCUT2D eigenvalue weighted by Gasteiger charge is -2.27. The fourth-order valence-electron chi connectivity index (χ4n) is 2.67. The molecule has 0 radical (unpaired) electrons. The average Bonchev–Trinajstić information content (AvgIpc) is 2.54. The SMILES string of the molecule is C1=COC2=CC=C(C3C=Cc4ccccc4O3)CC2=C1. The second kappa shape index (κ2) is 4.57. The Kier molecular flexibility index (Phi) is 2.59. The molecule has 2 aliphatic heterocycles. The van der Waals surface area contributed by atoms with Crippen LogP contribution in [0.15, 0.2) is 77.8 Å². The molecule has 1 aromatic carbocycles. The Morgan fingerprint density at radius 2 is 2.00 bits per heavy atom. The third-order valence-electron chi connectivity index (χ3n) is 3.72. The smallest absolute Gasteiger partial charge is 0.139 e. The van der Waals surface area contributed by atoms with Crippen molar-refractivity contribution in [3.8, 4) is 5.75 Å². The van der Waals surface area contributed by atoms with Crippen molar-refractivity contribution in [3.63, 3.8) is 0 Å². The fourth-order valence-corrected chi connectivity index (χ4v) is 2.67. The molecule has 0 aromatic heterocycles. The lowest BCUT2D eigenvalue weighted by atomic mass is 9.92. The predicted molar refractivity (Wildman–Crippen MR) is 79.0 cm³/mol. The highest BCUT2D eigenvalue weighted by molar-refractivity contribution is 5.61. The van der Waals surface area contributed by atoms with Crippen molar-refractivity contribution < 1.29 is 9.47 Å². The number of hydrogen-bond donors (Lipinski definition) is 0. The van der Waals surface area contributed by atoms with E-state index in [-0.39, 0.29) is 6.10 Å². The summed E-state index contributed by atoms with van der Waals surface area (Å²) in [6, 6.07) is 8.11. The topological polar surface area (TPSA) is 18.5 Å². The van der Waals surface area contributed by atoms with Gasteiger partial charge in [-0.15, -0.1) is 0 Å². The molecule has 98 valence electrons. The van der Waals surface area contributed by atoms with Gasteiger partial charge in [0.1, 0.15) is 17.6 Å². The van der Waals surface area contributed by atoms with Gasteiger partial charge in [0.2, 0.25) is 0 Å². The molecule has 2 heteroatoms. The van der Waals surface area contributed by atoms with Crippen LogP contribution in [-0.4, -0.2) is 6.10 Å². The first-order chi connectivity index (χ1) is 9.90. The lowest BCUT2D eigenvalue weighted by Crippen LogP contribution is -2.21. The molecular weight excluding hydrogens is 248 g/mol. The zero-order valence-corrected chi connectivity index (χ0v) is 11.0. The molecule has 20 heavy (non-hydrogen) atoms. The largest absolute Gasteiger partial charge is 0.481 e. The maximum Gasteiger partial charge on any atom is 0.139 e. The minimum absolute atomic E-state index is 0.00880. The van der Waals surface area contributed by atoms with Crippen LogP contribution >= 0.6 is 0 Å². The highest BCUT2D eigenvalue weighted by Crippen LogP contribution is 2.34. The monoisotopic (exact) mass is 262 g/mol. The molecule has 4 rings (SSSR count). The van der Waals surface area contributed by atoms with Gasteiger partial charge in [0.25, 0.3) is 0 Å². The Morgan fingerprint density at radius 3 is 3.00 bits per heavy atom. The third-order valence-corrected chi connectivity index (χ3v) is 3.72. The van der Waals surface area contributed by atoms with E-state index in [1.807, 2.05) is 30.4 Å². The number of benzene rings is 1. The minimum Gasteiger partial charge on any atom is -0.481 e. The second-order valence-electron chi connectivity index (χ2n) is 5.02. The van der Waals surface area contributed by atoms with E-state index in [4.69, 9.17) is 9.47 Å². The van der Waals surface area contributed by atoms with Gasteiger partial charge in [0, 0.05) is 12.0 Å². The molecule has 2 heterocycles. The van der Waals surface area contributed by atoms with Gasteiger partial charge < -0.3 is 9.47 Å². The Hall–Kier alpha value is -2.48. The molecule has 0 saturated carbocycles. The minimum atomic E-state index is 0.00880. The van der Waals surface area contributed by atoms with E-state index in [1.165, 1.54) is 11.1 Å². The first-order valence-electron chi connectivity index (χ1n) is 6.77. The summed E-state index contributed by atoms with van der Waals surface area (Å²) in [5.74, 6) is 1.89. The van der Waals surface area contributed by atoms with Gasteiger partial charge in [0.15, 0.2) is 0 Å². The molecule has 0 spiro atoms. The summed E-state index contributed by atoms with van der Waals surface area (Å²) in [5.41, 5.74) is 3.60. The van der Waals surface area contributed by atoms with Gasteiger partial charge in [-0.3, -0.25) is 0 Å². The lowest BCUT2D eigenvalue weighted by molar-refractivity contribution is 0.275. The first kappa shape index (κ1) is 11.4. The highest BCUT2D eigenvalue weighted by atomic mass is 16.5. The van der Waals surface area contributed by atoms with Crippen molar-refractivity contribution >= 4 is 6.08 Å². The Morgan fingerprint density at radius 1 is 1.05 bits per heavy atom. The molecule has 1 aromatic rings. The van der Waals surface area contributed by atoms with E-state index in [9.17, 15) is 0 Å². The van der Waals surface area contributed by atoms with Crippen LogP contribution in [0.3, 0.4) is 0 Å². The molecule has 0 saturated heterocycles. The van der Waals surface area contributed by atoms with Crippen molar-refractivity contribution in [2.75, 3.05) is 0 Å². The molecule has 0 amide bonds. The molecule has 0 bridgehead atoms. The number of rotatable bonds is 1.